The average Bonchev–Trinajstić information content (AvgIpc) is 2.63. The third-order valence-corrected chi connectivity index (χ3v) is 4.64. The molecule has 0 saturated carbocycles. The average molecular weight is 339 g/mol. The molecule has 0 spiro atoms. The Morgan fingerprint density at radius 3 is 2.68 bits per heavy atom. The summed E-state index contributed by atoms with van der Waals surface area (Å²) in [5, 5.41) is 22.4. The summed E-state index contributed by atoms with van der Waals surface area (Å²) in [5.41, 5.74) is 4.01. The molecule has 2 N–H and O–H groups in total. The number of benzene rings is 2. The Labute approximate surface area is 147 Å². The van der Waals surface area contributed by atoms with Gasteiger partial charge in [0.2, 0.25) is 0 Å². The third-order valence-electron chi connectivity index (χ3n) is 4.64. The zero-order chi connectivity index (χ0) is 17.8. The van der Waals surface area contributed by atoms with Gasteiger partial charge in [-0.15, -0.1) is 0 Å². The van der Waals surface area contributed by atoms with Gasteiger partial charge in [0.15, 0.2) is 0 Å². The zero-order valence-electron chi connectivity index (χ0n) is 14.3. The van der Waals surface area contributed by atoms with E-state index in [0.29, 0.717) is 17.7 Å². The van der Waals surface area contributed by atoms with Gasteiger partial charge in [-0.1, -0.05) is 12.1 Å². The van der Waals surface area contributed by atoms with Crippen LogP contribution in [-0.2, 0) is 6.54 Å². The fourth-order valence-corrected chi connectivity index (χ4v) is 3.14. The van der Waals surface area contributed by atoms with Gasteiger partial charge in [-0.05, 0) is 55.2 Å². The summed E-state index contributed by atoms with van der Waals surface area (Å²) >= 11 is 0. The van der Waals surface area contributed by atoms with E-state index in [1.165, 1.54) is 6.07 Å². The van der Waals surface area contributed by atoms with Crippen LogP contribution in [0.4, 0.5) is 15.8 Å². The predicted molar refractivity (Wildman–Crippen MR) is 97.1 cm³/mol. The summed E-state index contributed by atoms with van der Waals surface area (Å²) in [7, 11) is 0. The monoisotopic (exact) mass is 339 g/mol. The second kappa shape index (κ2) is 7.54. The molecule has 0 aliphatic carbocycles. The molecule has 1 heterocycles. The van der Waals surface area contributed by atoms with Crippen LogP contribution in [-0.4, -0.2) is 24.3 Å². The predicted octanol–water partition coefficient (Wildman–Crippen LogP) is 3.58. The van der Waals surface area contributed by atoms with E-state index in [2.05, 4.69) is 16.3 Å². The molecule has 1 aliphatic heterocycles. The number of piperidine rings is 1. The molecule has 25 heavy (non-hydrogen) atoms. The fraction of sp³-hybridized carbons (Fsp3) is 0.350. The highest BCUT2D eigenvalue weighted by Gasteiger charge is 2.19. The summed E-state index contributed by atoms with van der Waals surface area (Å²) < 4.78 is 13.3. The van der Waals surface area contributed by atoms with Crippen molar-refractivity contribution in [2.45, 2.75) is 32.4 Å². The van der Waals surface area contributed by atoms with Crippen LogP contribution in [0.25, 0.3) is 0 Å². The van der Waals surface area contributed by atoms with Crippen LogP contribution in [0.5, 0.6) is 0 Å². The lowest BCUT2D eigenvalue weighted by atomic mass is 10.0. The fourth-order valence-electron chi connectivity index (χ4n) is 3.14. The number of rotatable bonds is 4. The summed E-state index contributed by atoms with van der Waals surface area (Å²) in [4.78, 5) is 2.15. The summed E-state index contributed by atoms with van der Waals surface area (Å²) in [6, 6.07) is 13.1. The second-order valence-corrected chi connectivity index (χ2v) is 6.50. The minimum Gasteiger partial charge on any atom is -0.393 e. The molecule has 1 aliphatic rings. The first-order valence-corrected chi connectivity index (χ1v) is 8.53. The molecule has 0 aromatic heterocycles. The quantitative estimate of drug-likeness (QED) is 0.894. The van der Waals surface area contributed by atoms with Gasteiger partial charge < -0.3 is 15.3 Å². The molecular formula is C20H22FN3O. The Morgan fingerprint density at radius 1 is 1.24 bits per heavy atom. The minimum atomic E-state index is -0.234. The maximum atomic E-state index is 13.3. The highest BCUT2D eigenvalue weighted by molar-refractivity contribution is 5.65. The number of hydrogen-bond acceptors (Lipinski definition) is 4. The molecule has 1 fully saturated rings. The number of anilines is 2. The maximum absolute atomic E-state index is 13.3. The van der Waals surface area contributed by atoms with Crippen LogP contribution in [0.1, 0.15) is 29.5 Å². The molecular weight excluding hydrogens is 317 g/mol. The first kappa shape index (κ1) is 17.2. The first-order chi connectivity index (χ1) is 12.1. The third kappa shape index (κ3) is 4.09. The lowest BCUT2D eigenvalue weighted by Gasteiger charge is -2.32. The van der Waals surface area contributed by atoms with Crippen LogP contribution >= 0.6 is 0 Å². The summed E-state index contributed by atoms with van der Waals surface area (Å²) in [6.45, 7) is 3.84. The number of nitriles is 1. The molecule has 2 aromatic rings. The van der Waals surface area contributed by atoms with Gasteiger partial charge in [0.05, 0.1) is 17.4 Å². The molecule has 0 radical (unpaired) electrons. The van der Waals surface area contributed by atoms with Gasteiger partial charge in [-0.2, -0.15) is 5.26 Å². The molecule has 4 nitrogen and oxygen atoms in total. The van der Waals surface area contributed by atoms with Crippen molar-refractivity contribution in [3.05, 3.63) is 58.9 Å². The van der Waals surface area contributed by atoms with Crippen molar-refractivity contribution >= 4 is 11.4 Å². The van der Waals surface area contributed by atoms with Crippen LogP contribution in [0.15, 0.2) is 36.4 Å². The Balaban J connectivity index is 1.71. The molecule has 130 valence electrons. The molecule has 1 saturated heterocycles. The Bertz CT molecular complexity index is 792. The number of nitrogens with zero attached hydrogens (tertiary/aromatic N) is 2. The molecule has 0 bridgehead atoms. The van der Waals surface area contributed by atoms with E-state index in [4.69, 9.17) is 0 Å². The van der Waals surface area contributed by atoms with Crippen molar-refractivity contribution in [3.8, 4) is 6.07 Å². The van der Waals surface area contributed by atoms with E-state index >= 15 is 0 Å². The van der Waals surface area contributed by atoms with E-state index < -0.39 is 0 Å². The SMILES string of the molecule is Cc1cc(CNc2ccc(N3CCC(O)CC3)c(C#N)c2)ccc1F. The van der Waals surface area contributed by atoms with Crippen molar-refractivity contribution in [1.29, 1.82) is 5.26 Å². The molecule has 5 heteroatoms. The Kier molecular flexibility index (Phi) is 5.20. The van der Waals surface area contributed by atoms with Crippen molar-refractivity contribution in [2.24, 2.45) is 0 Å². The number of nitrogens with one attached hydrogen (secondary N) is 1. The maximum Gasteiger partial charge on any atom is 0.126 e. The number of aliphatic hydroxyl groups excluding tert-OH is 1. The molecule has 3 rings (SSSR count). The van der Waals surface area contributed by atoms with E-state index in [-0.39, 0.29) is 11.9 Å². The van der Waals surface area contributed by atoms with Crippen LogP contribution in [0.2, 0.25) is 0 Å². The molecule has 0 atom stereocenters. The summed E-state index contributed by atoms with van der Waals surface area (Å²) in [6.07, 6.45) is 1.23. The second-order valence-electron chi connectivity index (χ2n) is 6.50. The normalized spacial score (nSPS) is 15.0. The standard InChI is InChI=1S/C20H22FN3O/c1-14-10-15(2-4-19(14)21)13-23-17-3-5-20(16(11-17)12-22)24-8-6-18(25)7-9-24/h2-5,10-11,18,23,25H,6-9,13H2,1H3. The zero-order valence-corrected chi connectivity index (χ0v) is 14.3. The van der Waals surface area contributed by atoms with Gasteiger partial charge in [0, 0.05) is 25.3 Å². The Morgan fingerprint density at radius 2 is 2.00 bits per heavy atom. The number of aliphatic hydroxyl groups is 1. The topological polar surface area (TPSA) is 59.3 Å². The summed E-state index contributed by atoms with van der Waals surface area (Å²) in [5.74, 6) is -0.202. The highest BCUT2D eigenvalue weighted by atomic mass is 19.1. The molecule has 0 amide bonds. The van der Waals surface area contributed by atoms with Crippen molar-refractivity contribution in [2.75, 3.05) is 23.3 Å². The van der Waals surface area contributed by atoms with Gasteiger partial charge in [-0.25, -0.2) is 4.39 Å². The van der Waals surface area contributed by atoms with Crippen molar-refractivity contribution in [3.63, 3.8) is 0 Å². The van der Waals surface area contributed by atoms with Crippen molar-refractivity contribution in [1.82, 2.24) is 0 Å². The smallest absolute Gasteiger partial charge is 0.126 e. The van der Waals surface area contributed by atoms with Crippen LogP contribution in [0, 0.1) is 24.1 Å². The highest BCUT2D eigenvalue weighted by Crippen LogP contribution is 2.27. The molecule has 2 aromatic carbocycles. The van der Waals surface area contributed by atoms with E-state index in [0.717, 1.165) is 42.9 Å². The number of halogens is 1. The Hall–Kier alpha value is -2.58. The lowest BCUT2D eigenvalue weighted by molar-refractivity contribution is 0.145. The van der Waals surface area contributed by atoms with Gasteiger partial charge >= 0.3 is 0 Å². The van der Waals surface area contributed by atoms with E-state index in [1.54, 1.807) is 13.0 Å². The van der Waals surface area contributed by atoms with Gasteiger partial charge in [-0.3, -0.25) is 0 Å². The van der Waals surface area contributed by atoms with Crippen molar-refractivity contribution < 1.29 is 9.50 Å². The largest absolute Gasteiger partial charge is 0.393 e. The van der Waals surface area contributed by atoms with E-state index in [9.17, 15) is 14.8 Å². The number of hydrogen-bond donors (Lipinski definition) is 2. The van der Waals surface area contributed by atoms with Gasteiger partial charge in [0.1, 0.15) is 11.9 Å². The lowest BCUT2D eigenvalue weighted by Crippen LogP contribution is -2.36. The minimum absolute atomic E-state index is 0.202. The van der Waals surface area contributed by atoms with Crippen LogP contribution in [0.3, 0.4) is 0 Å². The van der Waals surface area contributed by atoms with E-state index in [1.807, 2.05) is 24.3 Å². The molecule has 0 unspecified atom stereocenters. The number of aryl methyl sites for hydroxylation is 1. The van der Waals surface area contributed by atoms with Gasteiger partial charge in [0.25, 0.3) is 0 Å². The van der Waals surface area contributed by atoms with Crippen LogP contribution < -0.4 is 10.2 Å². The first-order valence-electron chi connectivity index (χ1n) is 8.53.